The van der Waals surface area contributed by atoms with Crippen LogP contribution in [-0.2, 0) is 17.8 Å². The van der Waals surface area contributed by atoms with Crippen LogP contribution in [-0.4, -0.2) is 29.9 Å². The Balaban J connectivity index is 1.29. The molecule has 6 nitrogen and oxygen atoms in total. The Labute approximate surface area is 196 Å². The number of hydrogen-bond donors (Lipinski definition) is 1. The van der Waals surface area contributed by atoms with Crippen molar-refractivity contribution in [2.75, 3.05) is 13.2 Å². The van der Waals surface area contributed by atoms with Crippen LogP contribution in [0.25, 0.3) is 10.9 Å². The molecule has 0 spiro atoms. The van der Waals surface area contributed by atoms with Crippen molar-refractivity contribution in [3.63, 3.8) is 0 Å². The summed E-state index contributed by atoms with van der Waals surface area (Å²) in [7, 11) is 0. The van der Waals surface area contributed by atoms with Crippen molar-refractivity contribution >= 4 is 34.6 Å². The van der Waals surface area contributed by atoms with Gasteiger partial charge in [0.2, 0.25) is 5.91 Å². The van der Waals surface area contributed by atoms with Gasteiger partial charge < -0.3 is 14.0 Å². The molecule has 166 valence electrons. The Morgan fingerprint density at radius 1 is 1.03 bits per heavy atom. The highest BCUT2D eigenvalue weighted by atomic mass is 35.5. The quantitative estimate of drug-likeness (QED) is 0.332. The van der Waals surface area contributed by atoms with Gasteiger partial charge in [-0.15, -0.1) is 0 Å². The molecule has 33 heavy (non-hydrogen) atoms. The molecule has 4 aromatic rings. The van der Waals surface area contributed by atoms with Gasteiger partial charge in [-0.05, 0) is 35.4 Å². The van der Waals surface area contributed by atoms with Gasteiger partial charge in [-0.25, -0.2) is 5.43 Å². The van der Waals surface area contributed by atoms with E-state index in [9.17, 15) is 4.79 Å². The van der Waals surface area contributed by atoms with Gasteiger partial charge in [-0.3, -0.25) is 4.79 Å². The van der Waals surface area contributed by atoms with Crippen LogP contribution >= 0.6 is 11.6 Å². The third kappa shape index (κ3) is 4.71. The molecule has 1 amide bonds. The van der Waals surface area contributed by atoms with Crippen molar-refractivity contribution < 1.29 is 14.3 Å². The minimum atomic E-state index is -0.206. The molecule has 0 aliphatic carbocycles. The van der Waals surface area contributed by atoms with Crippen molar-refractivity contribution in [1.29, 1.82) is 0 Å². The van der Waals surface area contributed by atoms with E-state index in [0.717, 1.165) is 32.6 Å². The van der Waals surface area contributed by atoms with Crippen LogP contribution in [0.2, 0.25) is 5.02 Å². The fraction of sp³-hybridized carbons (Fsp3) is 0.154. The predicted octanol–water partition coefficient (Wildman–Crippen LogP) is 4.81. The van der Waals surface area contributed by atoms with E-state index in [2.05, 4.69) is 21.2 Å². The van der Waals surface area contributed by atoms with Crippen LogP contribution in [0.5, 0.6) is 11.5 Å². The topological polar surface area (TPSA) is 64.8 Å². The fourth-order valence-electron chi connectivity index (χ4n) is 3.92. The van der Waals surface area contributed by atoms with Gasteiger partial charge in [-0.1, -0.05) is 54.1 Å². The maximum atomic E-state index is 12.4. The van der Waals surface area contributed by atoms with E-state index in [-0.39, 0.29) is 12.3 Å². The summed E-state index contributed by atoms with van der Waals surface area (Å²) in [6.45, 7) is 1.69. The average Bonchev–Trinajstić information content (AvgIpc) is 3.18. The third-order valence-corrected chi connectivity index (χ3v) is 5.85. The third-order valence-electron chi connectivity index (χ3n) is 5.48. The maximum Gasteiger partial charge on any atom is 0.244 e. The second-order valence-corrected chi connectivity index (χ2v) is 8.18. The van der Waals surface area contributed by atoms with Crippen LogP contribution < -0.4 is 14.9 Å². The number of aromatic nitrogens is 1. The number of para-hydroxylation sites is 1. The number of carbonyl (C=O) groups is 1. The SMILES string of the molecule is O=C(Cc1ccc2c(c1)OCCO2)N/N=C\c1cn(Cc2ccccc2Cl)c2ccccc12. The number of rotatable bonds is 6. The van der Waals surface area contributed by atoms with Gasteiger partial charge in [0.15, 0.2) is 11.5 Å². The Hall–Kier alpha value is -3.77. The maximum absolute atomic E-state index is 12.4. The largest absolute Gasteiger partial charge is 0.486 e. The van der Waals surface area contributed by atoms with Crippen LogP contribution in [0.3, 0.4) is 0 Å². The molecule has 3 aromatic carbocycles. The van der Waals surface area contributed by atoms with Crippen molar-refractivity contribution in [2.24, 2.45) is 5.10 Å². The summed E-state index contributed by atoms with van der Waals surface area (Å²) in [5.74, 6) is 1.17. The van der Waals surface area contributed by atoms with Gasteiger partial charge in [0.1, 0.15) is 13.2 Å². The van der Waals surface area contributed by atoms with E-state index < -0.39 is 0 Å². The van der Waals surface area contributed by atoms with Gasteiger partial charge in [0, 0.05) is 34.2 Å². The lowest BCUT2D eigenvalue weighted by atomic mass is 10.1. The lowest BCUT2D eigenvalue weighted by Gasteiger charge is -2.18. The van der Waals surface area contributed by atoms with Gasteiger partial charge in [-0.2, -0.15) is 5.10 Å². The number of nitrogens with zero attached hydrogens (tertiary/aromatic N) is 2. The van der Waals surface area contributed by atoms with Crippen LogP contribution in [0.15, 0.2) is 78.0 Å². The first-order valence-electron chi connectivity index (χ1n) is 10.7. The number of fused-ring (bicyclic) bond motifs is 2. The minimum Gasteiger partial charge on any atom is -0.486 e. The summed E-state index contributed by atoms with van der Waals surface area (Å²) in [4.78, 5) is 12.4. The molecule has 7 heteroatoms. The van der Waals surface area contributed by atoms with E-state index in [1.165, 1.54) is 0 Å². The second-order valence-electron chi connectivity index (χ2n) is 7.77. The highest BCUT2D eigenvalue weighted by molar-refractivity contribution is 6.31. The fourth-order valence-corrected chi connectivity index (χ4v) is 4.11. The van der Waals surface area contributed by atoms with Crippen molar-refractivity contribution in [2.45, 2.75) is 13.0 Å². The number of amides is 1. The van der Waals surface area contributed by atoms with Crippen molar-refractivity contribution in [1.82, 2.24) is 9.99 Å². The lowest BCUT2D eigenvalue weighted by Crippen LogP contribution is -2.20. The Morgan fingerprint density at radius 3 is 2.70 bits per heavy atom. The first kappa shape index (κ1) is 21.1. The van der Waals surface area contributed by atoms with Crippen LogP contribution in [0.4, 0.5) is 0 Å². The van der Waals surface area contributed by atoms with Gasteiger partial charge in [0.25, 0.3) is 0 Å². The molecule has 0 fully saturated rings. The summed E-state index contributed by atoms with van der Waals surface area (Å²) >= 11 is 6.35. The second kappa shape index (κ2) is 9.38. The number of carbonyl (C=O) groups excluding carboxylic acids is 1. The number of nitrogens with one attached hydrogen (secondary N) is 1. The monoisotopic (exact) mass is 459 g/mol. The summed E-state index contributed by atoms with van der Waals surface area (Å²) < 4.78 is 13.2. The number of halogens is 1. The van der Waals surface area contributed by atoms with E-state index in [1.807, 2.05) is 66.9 Å². The zero-order valence-corrected chi connectivity index (χ0v) is 18.6. The molecule has 0 saturated carbocycles. The summed E-state index contributed by atoms with van der Waals surface area (Å²) in [6.07, 6.45) is 3.89. The summed E-state index contributed by atoms with van der Waals surface area (Å²) in [5.41, 5.74) is 6.48. The molecule has 0 atom stereocenters. The minimum absolute atomic E-state index is 0.197. The van der Waals surface area contributed by atoms with E-state index in [0.29, 0.717) is 31.3 Å². The zero-order chi connectivity index (χ0) is 22.6. The molecule has 1 aromatic heterocycles. The van der Waals surface area contributed by atoms with Gasteiger partial charge in [0.05, 0.1) is 12.6 Å². The van der Waals surface area contributed by atoms with Crippen molar-refractivity contribution in [3.8, 4) is 11.5 Å². The van der Waals surface area contributed by atoms with Crippen LogP contribution in [0.1, 0.15) is 16.7 Å². The Morgan fingerprint density at radius 2 is 1.82 bits per heavy atom. The predicted molar refractivity (Wildman–Crippen MR) is 129 cm³/mol. The summed E-state index contributed by atoms with van der Waals surface area (Å²) in [6, 6.07) is 21.4. The number of hydrogen-bond acceptors (Lipinski definition) is 4. The standard InChI is InChI=1S/C26H22ClN3O3/c27-22-7-3-1-5-19(22)16-30-17-20(21-6-2-4-8-23(21)30)15-28-29-26(31)14-18-9-10-24-25(13-18)33-12-11-32-24/h1-10,13,15,17H,11-12,14,16H2,(H,29,31)/b28-15-. The molecule has 0 unspecified atom stereocenters. The molecule has 1 N–H and O–H groups in total. The number of hydrazone groups is 1. The molecule has 2 heterocycles. The molecule has 1 aliphatic heterocycles. The summed E-state index contributed by atoms with van der Waals surface area (Å²) in [5, 5.41) is 5.98. The molecule has 0 saturated heterocycles. The average molecular weight is 460 g/mol. The highest BCUT2D eigenvalue weighted by Crippen LogP contribution is 2.31. The Kier molecular flexibility index (Phi) is 6.00. The number of ether oxygens (including phenoxy) is 2. The van der Waals surface area contributed by atoms with E-state index in [4.69, 9.17) is 21.1 Å². The molecule has 0 bridgehead atoms. The molecule has 5 rings (SSSR count). The smallest absolute Gasteiger partial charge is 0.244 e. The molecule has 1 aliphatic rings. The highest BCUT2D eigenvalue weighted by Gasteiger charge is 2.13. The first-order chi connectivity index (χ1) is 16.2. The number of benzene rings is 3. The molecular formula is C26H22ClN3O3. The van der Waals surface area contributed by atoms with E-state index >= 15 is 0 Å². The van der Waals surface area contributed by atoms with Gasteiger partial charge >= 0.3 is 0 Å². The molecular weight excluding hydrogens is 438 g/mol. The normalized spacial score (nSPS) is 12.9. The van der Waals surface area contributed by atoms with Crippen LogP contribution in [0, 0.1) is 0 Å². The lowest BCUT2D eigenvalue weighted by molar-refractivity contribution is -0.120. The van der Waals surface area contributed by atoms with E-state index in [1.54, 1.807) is 6.21 Å². The first-order valence-corrected chi connectivity index (χ1v) is 11.1. The molecule has 0 radical (unpaired) electrons. The Bertz CT molecular complexity index is 1350. The van der Waals surface area contributed by atoms with Crippen molar-refractivity contribution in [3.05, 3.63) is 94.6 Å². The zero-order valence-electron chi connectivity index (χ0n) is 17.8.